The summed E-state index contributed by atoms with van der Waals surface area (Å²) < 4.78 is 5.32. The molecule has 0 radical (unpaired) electrons. The summed E-state index contributed by atoms with van der Waals surface area (Å²) in [5, 5.41) is 6.57. The second-order valence-electron chi connectivity index (χ2n) is 5.72. The van der Waals surface area contributed by atoms with Crippen LogP contribution in [0.4, 0.5) is 11.5 Å². The molecule has 1 aromatic heterocycles. The number of anilines is 2. The Morgan fingerprint density at radius 2 is 1.88 bits per heavy atom. The highest BCUT2D eigenvalue weighted by molar-refractivity contribution is 6.39. The molecule has 7 nitrogen and oxygen atoms in total. The maximum Gasteiger partial charge on any atom is 0.275 e. The zero-order valence-electron chi connectivity index (χ0n) is 14.0. The topological polar surface area (TPSA) is 79.4 Å². The number of morpholine rings is 1. The average Bonchev–Trinajstić information content (AvgIpc) is 2.66. The van der Waals surface area contributed by atoms with E-state index in [2.05, 4.69) is 25.5 Å². The molecule has 0 aliphatic carbocycles. The van der Waals surface area contributed by atoms with E-state index in [-0.39, 0.29) is 5.69 Å². The molecule has 2 heterocycles. The summed E-state index contributed by atoms with van der Waals surface area (Å²) in [6.07, 6.45) is 2.94. The summed E-state index contributed by atoms with van der Waals surface area (Å²) in [6, 6.07) is 5.00. The van der Waals surface area contributed by atoms with Crippen molar-refractivity contribution in [3.8, 4) is 0 Å². The van der Waals surface area contributed by atoms with E-state index in [0.717, 1.165) is 39.4 Å². The minimum absolute atomic E-state index is 0.180. The normalized spacial score (nSPS) is 14.8. The molecule has 2 aromatic rings. The lowest BCUT2D eigenvalue weighted by atomic mass is 10.3. The molecule has 0 unspecified atom stereocenters. The first-order valence-electron chi connectivity index (χ1n) is 8.25. The Labute approximate surface area is 161 Å². The maximum atomic E-state index is 12.3. The number of benzene rings is 1. The molecule has 2 N–H and O–H groups in total. The van der Waals surface area contributed by atoms with Crippen LogP contribution >= 0.6 is 23.2 Å². The minimum Gasteiger partial charge on any atom is -0.379 e. The molecule has 0 bridgehead atoms. The fourth-order valence-electron chi connectivity index (χ4n) is 2.50. The molecular weight excluding hydrogens is 377 g/mol. The van der Waals surface area contributed by atoms with Crippen molar-refractivity contribution in [2.75, 3.05) is 50.0 Å². The molecule has 1 aliphatic rings. The molecule has 0 saturated carbocycles. The number of carbonyl (C=O) groups excluding carboxylic acids is 1. The SMILES string of the molecule is O=C(Nc1c(Cl)cccc1Cl)c1cnc(NCCN2CCOCC2)cn1. The monoisotopic (exact) mass is 395 g/mol. The van der Waals surface area contributed by atoms with Gasteiger partial charge in [0, 0.05) is 26.2 Å². The van der Waals surface area contributed by atoms with Crippen LogP contribution in [-0.4, -0.2) is 60.2 Å². The number of hydrogen-bond donors (Lipinski definition) is 2. The number of halogens is 2. The van der Waals surface area contributed by atoms with Crippen LogP contribution in [0.5, 0.6) is 0 Å². The molecule has 1 aromatic carbocycles. The van der Waals surface area contributed by atoms with Crippen molar-refractivity contribution >= 4 is 40.6 Å². The lowest BCUT2D eigenvalue weighted by molar-refractivity contribution is 0.0398. The number of hydrogen-bond acceptors (Lipinski definition) is 6. The summed E-state index contributed by atoms with van der Waals surface area (Å²) >= 11 is 12.1. The number of nitrogens with one attached hydrogen (secondary N) is 2. The Morgan fingerprint density at radius 3 is 2.54 bits per heavy atom. The van der Waals surface area contributed by atoms with Gasteiger partial charge in [-0.3, -0.25) is 9.69 Å². The van der Waals surface area contributed by atoms with E-state index >= 15 is 0 Å². The van der Waals surface area contributed by atoms with Gasteiger partial charge >= 0.3 is 0 Å². The molecule has 26 heavy (non-hydrogen) atoms. The van der Waals surface area contributed by atoms with Gasteiger partial charge in [0.2, 0.25) is 0 Å². The largest absolute Gasteiger partial charge is 0.379 e. The van der Waals surface area contributed by atoms with Crippen molar-refractivity contribution in [2.45, 2.75) is 0 Å². The number of para-hydroxylation sites is 1. The van der Waals surface area contributed by atoms with Crippen molar-refractivity contribution in [3.05, 3.63) is 46.3 Å². The average molecular weight is 396 g/mol. The lowest BCUT2D eigenvalue weighted by Gasteiger charge is -2.26. The molecule has 1 fully saturated rings. The smallest absolute Gasteiger partial charge is 0.275 e. The van der Waals surface area contributed by atoms with Crippen molar-refractivity contribution in [1.29, 1.82) is 0 Å². The van der Waals surface area contributed by atoms with Crippen LogP contribution < -0.4 is 10.6 Å². The molecule has 0 atom stereocenters. The zero-order valence-corrected chi connectivity index (χ0v) is 15.6. The summed E-state index contributed by atoms with van der Waals surface area (Å²) in [7, 11) is 0. The second kappa shape index (κ2) is 9.14. The Hall–Kier alpha value is -1.93. The van der Waals surface area contributed by atoms with Crippen LogP contribution in [0.25, 0.3) is 0 Å². The van der Waals surface area contributed by atoms with Gasteiger partial charge in [0.25, 0.3) is 5.91 Å². The van der Waals surface area contributed by atoms with Gasteiger partial charge in [-0.2, -0.15) is 0 Å². The molecule has 1 saturated heterocycles. The van der Waals surface area contributed by atoms with Crippen LogP contribution in [0.3, 0.4) is 0 Å². The lowest BCUT2D eigenvalue weighted by Crippen LogP contribution is -2.39. The molecule has 1 amide bonds. The van der Waals surface area contributed by atoms with Crippen LogP contribution in [0.2, 0.25) is 10.0 Å². The van der Waals surface area contributed by atoms with Gasteiger partial charge in [-0.1, -0.05) is 29.3 Å². The van der Waals surface area contributed by atoms with Crippen molar-refractivity contribution in [1.82, 2.24) is 14.9 Å². The van der Waals surface area contributed by atoms with E-state index in [4.69, 9.17) is 27.9 Å². The predicted octanol–water partition coefficient (Wildman–Crippen LogP) is 2.78. The van der Waals surface area contributed by atoms with Crippen molar-refractivity contribution < 1.29 is 9.53 Å². The number of rotatable bonds is 6. The van der Waals surface area contributed by atoms with E-state index in [1.165, 1.54) is 12.4 Å². The van der Waals surface area contributed by atoms with Crippen LogP contribution in [0.1, 0.15) is 10.5 Å². The standard InChI is InChI=1S/C17H19Cl2N5O2/c18-12-2-1-3-13(19)16(12)23-17(25)14-10-22-15(11-21-14)20-4-5-24-6-8-26-9-7-24/h1-3,10-11H,4-9H2,(H,20,22)(H,23,25). The quantitative estimate of drug-likeness (QED) is 0.782. The molecule has 138 valence electrons. The number of amides is 1. The highest BCUT2D eigenvalue weighted by Gasteiger charge is 2.13. The molecular formula is C17H19Cl2N5O2. The highest BCUT2D eigenvalue weighted by atomic mass is 35.5. The van der Waals surface area contributed by atoms with Gasteiger partial charge in [0.15, 0.2) is 0 Å². The van der Waals surface area contributed by atoms with E-state index in [1.807, 2.05) is 0 Å². The third kappa shape index (κ3) is 5.04. The summed E-state index contributed by atoms with van der Waals surface area (Å²) in [5.41, 5.74) is 0.537. The minimum atomic E-state index is -0.424. The highest BCUT2D eigenvalue weighted by Crippen LogP contribution is 2.30. The van der Waals surface area contributed by atoms with Gasteiger partial charge in [-0.05, 0) is 12.1 Å². The number of aromatic nitrogens is 2. The first-order chi connectivity index (χ1) is 12.6. The maximum absolute atomic E-state index is 12.3. The first-order valence-corrected chi connectivity index (χ1v) is 9.00. The third-order valence-electron chi connectivity index (χ3n) is 3.92. The zero-order chi connectivity index (χ0) is 18.4. The van der Waals surface area contributed by atoms with E-state index in [9.17, 15) is 4.79 Å². The Morgan fingerprint density at radius 1 is 1.15 bits per heavy atom. The first kappa shape index (κ1) is 18.8. The van der Waals surface area contributed by atoms with Gasteiger partial charge < -0.3 is 15.4 Å². The van der Waals surface area contributed by atoms with E-state index < -0.39 is 5.91 Å². The summed E-state index contributed by atoms with van der Waals surface area (Å²) in [5.74, 6) is 0.193. The number of carbonyl (C=O) groups is 1. The van der Waals surface area contributed by atoms with Crippen LogP contribution in [0, 0.1) is 0 Å². The molecule has 1 aliphatic heterocycles. The fraction of sp³-hybridized carbons (Fsp3) is 0.353. The Balaban J connectivity index is 1.52. The van der Waals surface area contributed by atoms with Gasteiger partial charge in [-0.25, -0.2) is 9.97 Å². The second-order valence-corrected chi connectivity index (χ2v) is 6.53. The van der Waals surface area contributed by atoms with Gasteiger partial charge in [0.1, 0.15) is 11.5 Å². The summed E-state index contributed by atoms with van der Waals surface area (Å²) in [4.78, 5) is 23.0. The predicted molar refractivity (Wildman–Crippen MR) is 102 cm³/mol. The Kier molecular flexibility index (Phi) is 6.62. The van der Waals surface area contributed by atoms with Gasteiger partial charge in [-0.15, -0.1) is 0 Å². The van der Waals surface area contributed by atoms with Crippen molar-refractivity contribution in [3.63, 3.8) is 0 Å². The van der Waals surface area contributed by atoms with Crippen LogP contribution in [0.15, 0.2) is 30.6 Å². The summed E-state index contributed by atoms with van der Waals surface area (Å²) in [6.45, 7) is 5.08. The van der Waals surface area contributed by atoms with E-state index in [0.29, 0.717) is 21.6 Å². The molecule has 3 rings (SSSR count). The number of nitrogens with zero attached hydrogens (tertiary/aromatic N) is 3. The molecule has 9 heteroatoms. The van der Waals surface area contributed by atoms with Gasteiger partial charge in [0.05, 0.1) is 41.3 Å². The van der Waals surface area contributed by atoms with Crippen molar-refractivity contribution in [2.24, 2.45) is 0 Å². The fourth-order valence-corrected chi connectivity index (χ4v) is 2.99. The number of ether oxygens (including phenoxy) is 1. The van der Waals surface area contributed by atoms with Crippen LogP contribution in [-0.2, 0) is 4.74 Å². The van der Waals surface area contributed by atoms with E-state index in [1.54, 1.807) is 18.2 Å². The third-order valence-corrected chi connectivity index (χ3v) is 4.55. The Bertz CT molecular complexity index is 731. The molecule has 0 spiro atoms.